The Bertz CT molecular complexity index is 495. The summed E-state index contributed by atoms with van der Waals surface area (Å²) in [5, 5.41) is 10.1. The first-order valence-electron chi connectivity index (χ1n) is 8.81. The summed E-state index contributed by atoms with van der Waals surface area (Å²) in [5.74, 6) is 0.565. The Labute approximate surface area is 132 Å². The summed E-state index contributed by atoms with van der Waals surface area (Å²) in [6.45, 7) is 5.47. The fraction of sp³-hybridized carbons (Fsp3) is 0.765. The van der Waals surface area contributed by atoms with E-state index in [2.05, 4.69) is 27.3 Å². The van der Waals surface area contributed by atoms with Gasteiger partial charge in [-0.05, 0) is 64.6 Å². The van der Waals surface area contributed by atoms with E-state index in [1.165, 1.54) is 38.6 Å². The number of piperidine rings is 1. The molecule has 2 aliphatic rings. The van der Waals surface area contributed by atoms with E-state index >= 15 is 0 Å². The maximum Gasteiger partial charge on any atom is 0.271 e. The molecule has 0 spiro atoms. The quantitative estimate of drug-likeness (QED) is 0.761. The van der Waals surface area contributed by atoms with E-state index in [1.54, 1.807) is 0 Å². The van der Waals surface area contributed by atoms with Gasteiger partial charge in [0, 0.05) is 24.2 Å². The molecule has 1 atom stereocenters. The Kier molecular flexibility index (Phi) is 5.13. The van der Waals surface area contributed by atoms with E-state index in [4.69, 9.17) is 0 Å². The van der Waals surface area contributed by atoms with Crippen LogP contribution in [0.4, 0.5) is 0 Å². The molecule has 1 saturated heterocycles. The zero-order chi connectivity index (χ0) is 15.4. The SMILES string of the molecule is C[C@H]1CCCCN1CCCCNC(=O)c1cc(C2CC2)[nH]n1. The highest BCUT2D eigenvalue weighted by molar-refractivity contribution is 5.92. The first-order chi connectivity index (χ1) is 10.7. The smallest absolute Gasteiger partial charge is 0.271 e. The number of aromatic amines is 1. The van der Waals surface area contributed by atoms with Gasteiger partial charge in [-0.2, -0.15) is 5.10 Å². The Hall–Kier alpha value is -1.36. The van der Waals surface area contributed by atoms with Gasteiger partial charge in [0.2, 0.25) is 0 Å². The molecule has 1 aliphatic carbocycles. The molecule has 5 heteroatoms. The zero-order valence-electron chi connectivity index (χ0n) is 13.6. The molecule has 0 aromatic carbocycles. The molecule has 0 unspecified atom stereocenters. The first-order valence-corrected chi connectivity index (χ1v) is 8.81. The third-order valence-corrected chi connectivity index (χ3v) is 4.95. The molecule has 2 N–H and O–H groups in total. The summed E-state index contributed by atoms with van der Waals surface area (Å²) in [6.07, 6.45) is 8.67. The molecule has 122 valence electrons. The predicted molar refractivity (Wildman–Crippen MR) is 87.0 cm³/mol. The zero-order valence-corrected chi connectivity index (χ0v) is 13.6. The number of likely N-dealkylation sites (tertiary alicyclic amines) is 1. The third kappa shape index (κ3) is 4.09. The van der Waals surface area contributed by atoms with Gasteiger partial charge in [0.25, 0.3) is 5.91 Å². The number of carbonyl (C=O) groups excluding carboxylic acids is 1. The number of unbranched alkanes of at least 4 members (excludes halogenated alkanes) is 1. The van der Waals surface area contributed by atoms with Crippen LogP contribution in [-0.4, -0.2) is 46.7 Å². The number of nitrogens with zero attached hydrogens (tertiary/aromatic N) is 2. The summed E-state index contributed by atoms with van der Waals surface area (Å²) in [5.41, 5.74) is 1.65. The maximum absolute atomic E-state index is 12.0. The van der Waals surface area contributed by atoms with Gasteiger partial charge in [-0.3, -0.25) is 9.89 Å². The predicted octanol–water partition coefficient (Wildman–Crippen LogP) is 2.67. The summed E-state index contributed by atoms with van der Waals surface area (Å²) >= 11 is 0. The van der Waals surface area contributed by atoms with Gasteiger partial charge in [0.1, 0.15) is 5.69 Å². The number of aromatic nitrogens is 2. The van der Waals surface area contributed by atoms with Crippen LogP contribution in [-0.2, 0) is 0 Å². The molecule has 0 bridgehead atoms. The molecule has 22 heavy (non-hydrogen) atoms. The van der Waals surface area contributed by atoms with E-state index < -0.39 is 0 Å². The number of hydrogen-bond donors (Lipinski definition) is 2. The monoisotopic (exact) mass is 304 g/mol. The Morgan fingerprint density at radius 1 is 1.36 bits per heavy atom. The lowest BCUT2D eigenvalue weighted by Gasteiger charge is -2.33. The van der Waals surface area contributed by atoms with Crippen molar-refractivity contribution in [3.05, 3.63) is 17.5 Å². The summed E-state index contributed by atoms with van der Waals surface area (Å²) < 4.78 is 0. The van der Waals surface area contributed by atoms with Gasteiger partial charge in [0.05, 0.1) is 0 Å². The molecule has 5 nitrogen and oxygen atoms in total. The second-order valence-electron chi connectivity index (χ2n) is 6.83. The van der Waals surface area contributed by atoms with Crippen molar-refractivity contribution in [1.29, 1.82) is 0 Å². The number of amides is 1. The largest absolute Gasteiger partial charge is 0.351 e. The molecule has 1 amide bonds. The lowest BCUT2D eigenvalue weighted by molar-refractivity contribution is 0.0946. The van der Waals surface area contributed by atoms with Gasteiger partial charge in [-0.15, -0.1) is 0 Å². The van der Waals surface area contributed by atoms with Crippen molar-refractivity contribution in [2.24, 2.45) is 0 Å². The van der Waals surface area contributed by atoms with Gasteiger partial charge >= 0.3 is 0 Å². The Balaban J connectivity index is 1.31. The van der Waals surface area contributed by atoms with Crippen LogP contribution < -0.4 is 5.32 Å². The van der Waals surface area contributed by atoms with Crippen molar-refractivity contribution in [2.75, 3.05) is 19.6 Å². The lowest BCUT2D eigenvalue weighted by Crippen LogP contribution is -2.38. The fourth-order valence-corrected chi connectivity index (χ4v) is 3.28. The van der Waals surface area contributed by atoms with Crippen LogP contribution in [0, 0.1) is 0 Å². The van der Waals surface area contributed by atoms with Gasteiger partial charge in [-0.25, -0.2) is 0 Å². The second-order valence-corrected chi connectivity index (χ2v) is 6.83. The molecular weight excluding hydrogens is 276 g/mol. The van der Waals surface area contributed by atoms with Crippen molar-refractivity contribution in [3.63, 3.8) is 0 Å². The molecule has 0 radical (unpaired) electrons. The standard InChI is InChI=1S/C17H28N4O/c1-13-6-2-4-10-21(13)11-5-3-9-18-17(22)16-12-15(19-20-16)14-7-8-14/h12-14H,2-11H2,1H3,(H,18,22)(H,19,20)/t13-/m0/s1. The minimum absolute atomic E-state index is 0.0468. The molecule has 2 fully saturated rings. The highest BCUT2D eigenvalue weighted by Crippen LogP contribution is 2.38. The number of rotatable bonds is 7. The molecule has 2 heterocycles. The molecule has 1 aliphatic heterocycles. The second kappa shape index (κ2) is 7.27. The highest BCUT2D eigenvalue weighted by Gasteiger charge is 2.26. The van der Waals surface area contributed by atoms with Crippen LogP contribution >= 0.6 is 0 Å². The van der Waals surface area contributed by atoms with Crippen LogP contribution in [0.3, 0.4) is 0 Å². The van der Waals surface area contributed by atoms with Crippen molar-refractivity contribution in [1.82, 2.24) is 20.4 Å². The van der Waals surface area contributed by atoms with Gasteiger partial charge in [-0.1, -0.05) is 6.42 Å². The van der Waals surface area contributed by atoms with Crippen molar-refractivity contribution >= 4 is 5.91 Å². The minimum Gasteiger partial charge on any atom is -0.351 e. The molecular formula is C17H28N4O. The van der Waals surface area contributed by atoms with Crippen molar-refractivity contribution in [3.8, 4) is 0 Å². The van der Waals surface area contributed by atoms with Crippen molar-refractivity contribution in [2.45, 2.75) is 63.8 Å². The third-order valence-electron chi connectivity index (χ3n) is 4.95. The normalized spacial score (nSPS) is 22.7. The van der Waals surface area contributed by atoms with E-state index in [9.17, 15) is 4.79 Å². The highest BCUT2D eigenvalue weighted by atomic mass is 16.1. The van der Waals surface area contributed by atoms with Crippen LogP contribution in [0.1, 0.15) is 74.0 Å². The molecule has 1 saturated carbocycles. The Morgan fingerprint density at radius 3 is 3.00 bits per heavy atom. The molecule has 3 rings (SSSR count). The van der Waals surface area contributed by atoms with Crippen LogP contribution in [0.5, 0.6) is 0 Å². The van der Waals surface area contributed by atoms with Crippen molar-refractivity contribution < 1.29 is 4.79 Å². The Morgan fingerprint density at radius 2 is 2.23 bits per heavy atom. The van der Waals surface area contributed by atoms with E-state index in [-0.39, 0.29) is 5.91 Å². The number of H-pyrrole nitrogens is 1. The summed E-state index contributed by atoms with van der Waals surface area (Å²) in [7, 11) is 0. The fourth-order valence-electron chi connectivity index (χ4n) is 3.28. The van der Waals surface area contributed by atoms with Crippen LogP contribution in [0.15, 0.2) is 6.07 Å². The van der Waals surface area contributed by atoms with Crippen LogP contribution in [0.2, 0.25) is 0 Å². The lowest BCUT2D eigenvalue weighted by atomic mass is 10.0. The summed E-state index contributed by atoms with van der Waals surface area (Å²) in [4.78, 5) is 14.6. The van der Waals surface area contributed by atoms with E-state index in [0.717, 1.165) is 37.7 Å². The average molecular weight is 304 g/mol. The topological polar surface area (TPSA) is 61.0 Å². The van der Waals surface area contributed by atoms with Crippen LogP contribution in [0.25, 0.3) is 0 Å². The molecule has 1 aromatic heterocycles. The number of hydrogen-bond acceptors (Lipinski definition) is 3. The molecule has 1 aromatic rings. The van der Waals surface area contributed by atoms with E-state index in [1.807, 2.05) is 6.07 Å². The average Bonchev–Trinajstić information content (AvgIpc) is 3.26. The maximum atomic E-state index is 12.0. The first kappa shape index (κ1) is 15.5. The number of carbonyl (C=O) groups is 1. The summed E-state index contributed by atoms with van der Waals surface area (Å²) in [6, 6.07) is 2.64. The number of nitrogens with one attached hydrogen (secondary N) is 2. The minimum atomic E-state index is -0.0468. The van der Waals surface area contributed by atoms with Gasteiger partial charge < -0.3 is 10.2 Å². The van der Waals surface area contributed by atoms with E-state index in [0.29, 0.717) is 11.6 Å². The van der Waals surface area contributed by atoms with Gasteiger partial charge in [0.15, 0.2) is 0 Å².